The first-order valence-corrected chi connectivity index (χ1v) is 8.39. The molecule has 0 atom stereocenters. The van der Waals surface area contributed by atoms with Crippen LogP contribution in [0.25, 0.3) is 10.1 Å². The van der Waals surface area contributed by atoms with E-state index in [2.05, 4.69) is 17.0 Å². The Balaban J connectivity index is 0.00000161. The fourth-order valence-electron chi connectivity index (χ4n) is 2.89. The molecule has 1 aromatic carbocycles. The molecule has 114 valence electrons. The van der Waals surface area contributed by atoms with Crippen molar-refractivity contribution in [3.8, 4) is 0 Å². The SMILES string of the molecule is Cl.O=C(CCCN1CCCCC1)c1cc2ccccc2s1. The van der Waals surface area contributed by atoms with Crippen molar-refractivity contribution in [1.82, 2.24) is 4.90 Å². The molecule has 1 saturated heterocycles. The van der Waals surface area contributed by atoms with Gasteiger partial charge in [0, 0.05) is 11.1 Å². The van der Waals surface area contributed by atoms with Crippen LogP contribution in [0.3, 0.4) is 0 Å². The molecule has 1 aromatic heterocycles. The first kappa shape index (κ1) is 16.5. The van der Waals surface area contributed by atoms with Crippen LogP contribution in [-0.2, 0) is 0 Å². The molecule has 3 rings (SSSR count). The van der Waals surface area contributed by atoms with E-state index in [0.29, 0.717) is 12.2 Å². The van der Waals surface area contributed by atoms with Crippen LogP contribution in [-0.4, -0.2) is 30.3 Å². The van der Waals surface area contributed by atoms with Crippen LogP contribution in [0.4, 0.5) is 0 Å². The minimum Gasteiger partial charge on any atom is -0.303 e. The topological polar surface area (TPSA) is 20.3 Å². The number of hydrogen-bond donors (Lipinski definition) is 0. The Kier molecular flexibility index (Phi) is 6.22. The minimum atomic E-state index is 0. The molecule has 0 saturated carbocycles. The van der Waals surface area contributed by atoms with Crippen LogP contribution in [0.5, 0.6) is 0 Å². The van der Waals surface area contributed by atoms with Crippen LogP contribution < -0.4 is 0 Å². The summed E-state index contributed by atoms with van der Waals surface area (Å²) in [4.78, 5) is 15.7. The van der Waals surface area contributed by atoms with E-state index in [1.807, 2.05) is 18.2 Å². The smallest absolute Gasteiger partial charge is 0.172 e. The van der Waals surface area contributed by atoms with Gasteiger partial charge in [-0.05, 0) is 56.4 Å². The highest BCUT2D eigenvalue weighted by molar-refractivity contribution is 7.20. The predicted octanol–water partition coefficient (Wildman–Crippen LogP) is 4.77. The Morgan fingerprint density at radius 2 is 1.90 bits per heavy atom. The lowest BCUT2D eigenvalue weighted by atomic mass is 10.1. The van der Waals surface area contributed by atoms with Crippen LogP contribution in [0.1, 0.15) is 41.8 Å². The zero-order valence-corrected chi connectivity index (χ0v) is 13.8. The van der Waals surface area contributed by atoms with Gasteiger partial charge < -0.3 is 4.90 Å². The van der Waals surface area contributed by atoms with Crippen molar-refractivity contribution < 1.29 is 4.79 Å². The van der Waals surface area contributed by atoms with Crippen molar-refractivity contribution in [2.75, 3.05) is 19.6 Å². The molecule has 0 N–H and O–H groups in total. The second kappa shape index (κ2) is 7.92. The molecule has 2 heterocycles. The van der Waals surface area contributed by atoms with Crippen molar-refractivity contribution in [3.63, 3.8) is 0 Å². The maximum atomic E-state index is 12.2. The second-order valence-electron chi connectivity index (χ2n) is 5.58. The Bertz CT molecular complexity index is 556. The van der Waals surface area contributed by atoms with E-state index in [4.69, 9.17) is 0 Å². The van der Waals surface area contributed by atoms with Gasteiger partial charge in [0.1, 0.15) is 0 Å². The lowest BCUT2D eigenvalue weighted by molar-refractivity contribution is 0.0977. The number of nitrogens with zero attached hydrogens (tertiary/aromatic N) is 1. The number of hydrogen-bond acceptors (Lipinski definition) is 3. The lowest BCUT2D eigenvalue weighted by Crippen LogP contribution is -2.30. The van der Waals surface area contributed by atoms with Gasteiger partial charge in [-0.25, -0.2) is 0 Å². The molecule has 0 unspecified atom stereocenters. The van der Waals surface area contributed by atoms with Gasteiger partial charge in [-0.15, -0.1) is 23.7 Å². The van der Waals surface area contributed by atoms with Gasteiger partial charge in [-0.1, -0.05) is 24.6 Å². The fraction of sp³-hybridized carbons (Fsp3) is 0.471. The number of carbonyl (C=O) groups is 1. The summed E-state index contributed by atoms with van der Waals surface area (Å²) >= 11 is 1.63. The molecule has 1 aliphatic heterocycles. The first-order valence-electron chi connectivity index (χ1n) is 7.57. The summed E-state index contributed by atoms with van der Waals surface area (Å²) in [6, 6.07) is 10.3. The molecule has 2 nitrogen and oxygen atoms in total. The number of Topliss-reactive ketones (excluding diaryl/α,β-unsaturated/α-hetero) is 1. The summed E-state index contributed by atoms with van der Waals surface area (Å²) < 4.78 is 1.21. The van der Waals surface area contributed by atoms with E-state index in [-0.39, 0.29) is 12.4 Å². The molecule has 1 aliphatic rings. The van der Waals surface area contributed by atoms with Gasteiger partial charge >= 0.3 is 0 Å². The van der Waals surface area contributed by atoms with Crippen molar-refractivity contribution in [1.29, 1.82) is 0 Å². The molecule has 21 heavy (non-hydrogen) atoms. The third-order valence-electron chi connectivity index (χ3n) is 4.03. The normalized spacial score (nSPS) is 15.8. The maximum absolute atomic E-state index is 12.2. The average Bonchev–Trinajstić information content (AvgIpc) is 2.92. The number of halogens is 1. The standard InChI is InChI=1S/C17H21NOS.ClH/c19-15(8-6-12-18-10-4-1-5-11-18)17-13-14-7-2-3-9-16(14)20-17;/h2-3,7,9,13H,1,4-6,8,10-12H2;1H. The number of piperidine rings is 1. The van der Waals surface area contributed by atoms with Crippen molar-refractivity contribution >= 4 is 39.6 Å². The predicted molar refractivity (Wildman–Crippen MR) is 92.9 cm³/mol. The summed E-state index contributed by atoms with van der Waals surface area (Å²) in [5.74, 6) is 0.309. The molecule has 4 heteroatoms. The third kappa shape index (κ3) is 4.29. The van der Waals surface area contributed by atoms with E-state index in [1.54, 1.807) is 11.3 Å². The number of benzene rings is 1. The van der Waals surface area contributed by atoms with Gasteiger partial charge in [0.2, 0.25) is 0 Å². The van der Waals surface area contributed by atoms with Crippen molar-refractivity contribution in [2.45, 2.75) is 32.1 Å². The van der Waals surface area contributed by atoms with Gasteiger partial charge in [0.15, 0.2) is 5.78 Å². The zero-order chi connectivity index (χ0) is 13.8. The van der Waals surface area contributed by atoms with Gasteiger partial charge in [0.25, 0.3) is 0 Å². The van der Waals surface area contributed by atoms with Crippen LogP contribution in [0.15, 0.2) is 30.3 Å². The van der Waals surface area contributed by atoms with E-state index >= 15 is 0 Å². The molecule has 0 amide bonds. The first-order chi connectivity index (χ1) is 9.83. The molecular formula is C17H22ClNOS. The van der Waals surface area contributed by atoms with Crippen molar-refractivity contribution in [3.05, 3.63) is 35.2 Å². The van der Waals surface area contributed by atoms with Crippen molar-refractivity contribution in [2.24, 2.45) is 0 Å². The highest BCUT2D eigenvalue weighted by Gasteiger charge is 2.13. The molecule has 0 radical (unpaired) electrons. The minimum absolute atomic E-state index is 0. The Morgan fingerprint density at radius 1 is 1.14 bits per heavy atom. The van der Waals surface area contributed by atoms with Crippen LogP contribution >= 0.6 is 23.7 Å². The van der Waals surface area contributed by atoms with Gasteiger partial charge in [-0.3, -0.25) is 4.79 Å². The van der Waals surface area contributed by atoms with E-state index < -0.39 is 0 Å². The van der Waals surface area contributed by atoms with Gasteiger partial charge in [-0.2, -0.15) is 0 Å². The van der Waals surface area contributed by atoms with Gasteiger partial charge in [0.05, 0.1) is 4.88 Å². The molecule has 2 aromatic rings. The number of likely N-dealkylation sites (tertiary alicyclic amines) is 1. The molecule has 0 spiro atoms. The number of ketones is 1. The number of thiophene rings is 1. The lowest BCUT2D eigenvalue weighted by Gasteiger charge is -2.26. The summed E-state index contributed by atoms with van der Waals surface area (Å²) in [5.41, 5.74) is 0. The Morgan fingerprint density at radius 3 is 2.67 bits per heavy atom. The number of fused-ring (bicyclic) bond motifs is 1. The highest BCUT2D eigenvalue weighted by Crippen LogP contribution is 2.26. The molecule has 0 aliphatic carbocycles. The Hall–Kier alpha value is -0.900. The average molecular weight is 324 g/mol. The quantitative estimate of drug-likeness (QED) is 0.738. The Labute approximate surface area is 136 Å². The monoisotopic (exact) mass is 323 g/mol. The maximum Gasteiger partial charge on any atom is 0.172 e. The third-order valence-corrected chi connectivity index (χ3v) is 5.18. The van der Waals surface area contributed by atoms with E-state index in [0.717, 1.165) is 17.8 Å². The summed E-state index contributed by atoms with van der Waals surface area (Å²) in [6.45, 7) is 3.52. The number of rotatable bonds is 5. The van der Waals surface area contributed by atoms with Crippen LogP contribution in [0.2, 0.25) is 0 Å². The van der Waals surface area contributed by atoms with E-state index in [9.17, 15) is 4.79 Å². The van der Waals surface area contributed by atoms with E-state index in [1.165, 1.54) is 42.4 Å². The van der Waals surface area contributed by atoms with Crippen LogP contribution in [0, 0.1) is 0 Å². The zero-order valence-electron chi connectivity index (χ0n) is 12.2. The highest BCUT2D eigenvalue weighted by atomic mass is 35.5. The summed E-state index contributed by atoms with van der Waals surface area (Å²) in [5, 5.41) is 1.19. The summed E-state index contributed by atoms with van der Waals surface area (Å²) in [6.07, 6.45) is 5.70. The summed E-state index contributed by atoms with van der Waals surface area (Å²) in [7, 11) is 0. The molecular weight excluding hydrogens is 302 g/mol. The number of carbonyl (C=O) groups excluding carboxylic acids is 1. The molecule has 0 bridgehead atoms. The molecule has 1 fully saturated rings. The largest absolute Gasteiger partial charge is 0.303 e. The second-order valence-corrected chi connectivity index (χ2v) is 6.66. The fourth-order valence-corrected chi connectivity index (χ4v) is 3.92.